The van der Waals surface area contributed by atoms with Gasteiger partial charge in [-0.1, -0.05) is 28.1 Å². The lowest BCUT2D eigenvalue weighted by Gasteiger charge is -2.31. The molecule has 1 saturated heterocycles. The van der Waals surface area contributed by atoms with Gasteiger partial charge in [0, 0.05) is 16.6 Å². The zero-order chi connectivity index (χ0) is 13.1. The Bertz CT molecular complexity index is 375. The Morgan fingerprint density at radius 1 is 1.33 bits per heavy atom. The fourth-order valence-corrected chi connectivity index (χ4v) is 3.33. The second kappa shape index (κ2) is 6.18. The summed E-state index contributed by atoms with van der Waals surface area (Å²) in [5, 5.41) is 3.34. The normalized spacial score (nSPS) is 24.9. The van der Waals surface area contributed by atoms with E-state index in [1.165, 1.54) is 18.5 Å². The van der Waals surface area contributed by atoms with Crippen LogP contribution < -0.4 is 5.32 Å². The van der Waals surface area contributed by atoms with Gasteiger partial charge in [0.15, 0.2) is 0 Å². The maximum atomic E-state index is 3.52. The number of nitrogens with one attached hydrogen (secondary N) is 1. The summed E-state index contributed by atoms with van der Waals surface area (Å²) in [5.74, 6) is 0.721. The van der Waals surface area contributed by atoms with Gasteiger partial charge in [0.25, 0.3) is 0 Å². The molecule has 1 heterocycles. The summed E-state index contributed by atoms with van der Waals surface area (Å²) in [6.07, 6.45) is 1.29. The zero-order valence-corrected chi connectivity index (χ0v) is 13.1. The van der Waals surface area contributed by atoms with Crippen LogP contribution in [0.4, 0.5) is 0 Å². The Labute approximate surface area is 119 Å². The molecule has 0 amide bonds. The first-order valence-electron chi connectivity index (χ1n) is 6.79. The number of hydrogen-bond acceptors (Lipinski definition) is 2. The predicted molar refractivity (Wildman–Crippen MR) is 80.8 cm³/mol. The van der Waals surface area contributed by atoms with Crippen molar-refractivity contribution in [3.05, 3.63) is 34.3 Å². The molecule has 1 aromatic carbocycles. The quantitative estimate of drug-likeness (QED) is 0.916. The first-order chi connectivity index (χ1) is 8.63. The molecule has 0 aromatic heterocycles. The van der Waals surface area contributed by atoms with Crippen molar-refractivity contribution in [1.29, 1.82) is 0 Å². The van der Waals surface area contributed by atoms with Crippen molar-refractivity contribution in [2.75, 3.05) is 20.1 Å². The first kappa shape index (κ1) is 14.0. The average molecular weight is 311 g/mol. The smallest absolute Gasteiger partial charge is 0.0391 e. The molecular formula is C15H23BrN2. The number of likely N-dealkylation sites (tertiary alicyclic amines) is 1. The molecule has 2 nitrogen and oxygen atoms in total. The minimum atomic E-state index is 0.561. The van der Waals surface area contributed by atoms with Gasteiger partial charge in [-0.25, -0.2) is 0 Å². The van der Waals surface area contributed by atoms with Crippen LogP contribution in [0.15, 0.2) is 28.7 Å². The van der Waals surface area contributed by atoms with E-state index in [-0.39, 0.29) is 0 Å². The van der Waals surface area contributed by atoms with Crippen molar-refractivity contribution in [3.8, 4) is 0 Å². The van der Waals surface area contributed by atoms with Crippen LogP contribution in [-0.4, -0.2) is 31.1 Å². The highest BCUT2D eigenvalue weighted by Crippen LogP contribution is 2.38. The molecule has 3 heteroatoms. The van der Waals surface area contributed by atoms with Crippen LogP contribution in [0.1, 0.15) is 31.9 Å². The summed E-state index contributed by atoms with van der Waals surface area (Å²) in [7, 11) is 2.05. The Morgan fingerprint density at radius 2 is 2.00 bits per heavy atom. The summed E-state index contributed by atoms with van der Waals surface area (Å²) in [5.41, 5.74) is 1.45. The zero-order valence-electron chi connectivity index (χ0n) is 11.5. The largest absolute Gasteiger partial charge is 0.319 e. The third-order valence-corrected chi connectivity index (χ3v) is 4.43. The van der Waals surface area contributed by atoms with Crippen LogP contribution in [0.2, 0.25) is 0 Å². The van der Waals surface area contributed by atoms with E-state index in [2.05, 4.69) is 71.3 Å². The van der Waals surface area contributed by atoms with Gasteiger partial charge in [-0.3, -0.25) is 4.90 Å². The van der Waals surface area contributed by atoms with E-state index in [9.17, 15) is 0 Å². The van der Waals surface area contributed by atoms with Crippen LogP contribution in [-0.2, 0) is 0 Å². The van der Waals surface area contributed by atoms with E-state index in [4.69, 9.17) is 0 Å². The fraction of sp³-hybridized carbons (Fsp3) is 0.600. The number of halogens is 1. The topological polar surface area (TPSA) is 15.3 Å². The van der Waals surface area contributed by atoms with E-state index < -0.39 is 0 Å². The van der Waals surface area contributed by atoms with Gasteiger partial charge in [-0.2, -0.15) is 0 Å². The molecule has 1 aromatic rings. The van der Waals surface area contributed by atoms with Gasteiger partial charge >= 0.3 is 0 Å². The Morgan fingerprint density at radius 3 is 2.56 bits per heavy atom. The van der Waals surface area contributed by atoms with Gasteiger partial charge in [-0.05, 0) is 64.0 Å². The molecule has 0 radical (unpaired) electrons. The second-order valence-corrected chi connectivity index (χ2v) is 6.35. The molecule has 1 aliphatic heterocycles. The molecule has 0 saturated carbocycles. The molecule has 0 aliphatic carbocycles. The maximum absolute atomic E-state index is 3.52. The monoisotopic (exact) mass is 310 g/mol. The summed E-state index contributed by atoms with van der Waals surface area (Å²) < 4.78 is 1.16. The average Bonchev–Trinajstić information content (AvgIpc) is 2.75. The van der Waals surface area contributed by atoms with E-state index in [0.717, 1.165) is 16.9 Å². The Hall–Kier alpha value is -0.380. The highest BCUT2D eigenvalue weighted by atomic mass is 79.9. The third-order valence-electron chi connectivity index (χ3n) is 3.90. The third kappa shape index (κ3) is 2.95. The van der Waals surface area contributed by atoms with Crippen LogP contribution in [0.25, 0.3) is 0 Å². The van der Waals surface area contributed by atoms with Gasteiger partial charge in [-0.15, -0.1) is 0 Å². The molecular weight excluding hydrogens is 288 g/mol. The summed E-state index contributed by atoms with van der Waals surface area (Å²) in [4.78, 5) is 2.63. The van der Waals surface area contributed by atoms with E-state index in [1.54, 1.807) is 0 Å². The molecule has 2 rings (SSSR count). The van der Waals surface area contributed by atoms with Crippen molar-refractivity contribution in [3.63, 3.8) is 0 Å². The van der Waals surface area contributed by atoms with Crippen molar-refractivity contribution in [2.45, 2.75) is 32.4 Å². The molecule has 18 heavy (non-hydrogen) atoms. The maximum Gasteiger partial charge on any atom is 0.0391 e. The summed E-state index contributed by atoms with van der Waals surface area (Å²) in [6, 6.07) is 10.0. The minimum absolute atomic E-state index is 0.561. The van der Waals surface area contributed by atoms with Crippen molar-refractivity contribution >= 4 is 15.9 Å². The minimum Gasteiger partial charge on any atom is -0.319 e. The van der Waals surface area contributed by atoms with E-state index in [1.807, 2.05) is 0 Å². The van der Waals surface area contributed by atoms with Gasteiger partial charge in [0.05, 0.1) is 0 Å². The van der Waals surface area contributed by atoms with E-state index >= 15 is 0 Å². The van der Waals surface area contributed by atoms with Gasteiger partial charge < -0.3 is 5.32 Å². The molecule has 1 N–H and O–H groups in total. The summed E-state index contributed by atoms with van der Waals surface area (Å²) >= 11 is 3.52. The highest BCUT2D eigenvalue weighted by Gasteiger charge is 2.35. The molecule has 1 fully saturated rings. The van der Waals surface area contributed by atoms with Gasteiger partial charge in [0.2, 0.25) is 0 Å². The molecule has 100 valence electrons. The molecule has 0 bridgehead atoms. The van der Waals surface area contributed by atoms with Crippen LogP contribution in [0.3, 0.4) is 0 Å². The van der Waals surface area contributed by atoms with Gasteiger partial charge in [0.1, 0.15) is 0 Å². The lowest BCUT2D eigenvalue weighted by molar-refractivity contribution is 0.182. The van der Waals surface area contributed by atoms with Crippen LogP contribution in [0.5, 0.6) is 0 Å². The lowest BCUT2D eigenvalue weighted by atomic mass is 9.93. The molecule has 1 aliphatic rings. The SMILES string of the molecule is CNCC1CCN(C(C)C)C1c1ccc(Br)cc1. The number of hydrogen-bond donors (Lipinski definition) is 1. The lowest BCUT2D eigenvalue weighted by Crippen LogP contribution is -2.33. The van der Waals surface area contributed by atoms with Crippen LogP contribution in [0, 0.1) is 5.92 Å². The Balaban J connectivity index is 2.25. The fourth-order valence-electron chi connectivity index (χ4n) is 3.06. The van der Waals surface area contributed by atoms with Crippen molar-refractivity contribution in [2.24, 2.45) is 5.92 Å². The van der Waals surface area contributed by atoms with Crippen LogP contribution >= 0.6 is 15.9 Å². The number of benzene rings is 1. The molecule has 2 atom stereocenters. The van der Waals surface area contributed by atoms with Crippen molar-refractivity contribution < 1.29 is 0 Å². The number of nitrogens with zero attached hydrogens (tertiary/aromatic N) is 1. The summed E-state index contributed by atoms with van der Waals surface area (Å²) in [6.45, 7) is 6.91. The number of rotatable bonds is 4. The van der Waals surface area contributed by atoms with Crippen molar-refractivity contribution in [1.82, 2.24) is 10.2 Å². The second-order valence-electron chi connectivity index (χ2n) is 5.43. The highest BCUT2D eigenvalue weighted by molar-refractivity contribution is 9.10. The molecule has 2 unspecified atom stereocenters. The van der Waals surface area contributed by atoms with E-state index in [0.29, 0.717) is 12.1 Å². The Kier molecular flexibility index (Phi) is 4.82. The first-order valence-corrected chi connectivity index (χ1v) is 7.58. The molecule has 0 spiro atoms. The predicted octanol–water partition coefficient (Wildman–Crippen LogP) is 3.44. The standard InChI is InChI=1S/C15H23BrN2/c1-11(2)18-9-8-13(10-17-3)15(18)12-4-6-14(16)7-5-12/h4-7,11,13,15,17H,8-10H2,1-3H3.